The molecule has 0 saturated carbocycles. The maximum atomic E-state index is 12.7. The number of hydrogen-bond acceptors (Lipinski definition) is 6. The van der Waals surface area contributed by atoms with Crippen molar-refractivity contribution in [3.8, 4) is 5.75 Å². The number of thioether (sulfide) groups is 1. The lowest BCUT2D eigenvalue weighted by atomic mass is 10.3. The van der Waals surface area contributed by atoms with E-state index in [4.69, 9.17) is 4.74 Å². The Kier molecular flexibility index (Phi) is 4.19. The molecule has 1 aromatic heterocycles. The fraction of sp³-hybridized carbons (Fsp3) is 0.167. The van der Waals surface area contributed by atoms with Gasteiger partial charge in [0, 0.05) is 6.42 Å². The zero-order valence-corrected chi connectivity index (χ0v) is 15.0. The molecule has 2 amide bonds. The average molecular weight is 370 g/mol. The van der Waals surface area contributed by atoms with Crippen LogP contribution in [0.3, 0.4) is 0 Å². The second-order valence-corrected chi connectivity index (χ2v) is 8.00. The fourth-order valence-electron chi connectivity index (χ4n) is 2.72. The molecule has 3 aromatic rings. The predicted octanol–water partition coefficient (Wildman–Crippen LogP) is 3.73. The summed E-state index contributed by atoms with van der Waals surface area (Å²) in [7, 11) is 1.58. The minimum Gasteiger partial charge on any atom is -0.497 e. The van der Waals surface area contributed by atoms with Crippen molar-refractivity contribution >= 4 is 50.8 Å². The molecule has 1 atom stereocenters. The summed E-state index contributed by atoms with van der Waals surface area (Å²) in [5.74, 6) is 0.302. The zero-order valence-electron chi connectivity index (χ0n) is 13.3. The highest BCUT2D eigenvalue weighted by Crippen LogP contribution is 2.37. The predicted molar refractivity (Wildman–Crippen MR) is 99.4 cm³/mol. The quantitative estimate of drug-likeness (QED) is 0.655. The monoisotopic (exact) mass is 370 g/mol. The molecule has 7 heteroatoms. The first-order chi connectivity index (χ1) is 12.2. The van der Waals surface area contributed by atoms with Crippen molar-refractivity contribution in [3.63, 3.8) is 0 Å². The number of methoxy groups -OCH3 is 1. The van der Waals surface area contributed by atoms with Crippen molar-refractivity contribution in [1.29, 1.82) is 0 Å². The standard InChI is InChI=1S/C18H14N2O3S2/c1-23-12-8-6-11(7-9-12)20-16(21)10-15(17(20)22)25-18-19-13-4-2-3-5-14(13)24-18/h2-9,15H,10H2,1H3/t15-/m1/s1. The van der Waals surface area contributed by atoms with Crippen LogP contribution in [-0.2, 0) is 9.59 Å². The summed E-state index contributed by atoms with van der Waals surface area (Å²) < 4.78 is 7.00. The number of aromatic nitrogens is 1. The maximum Gasteiger partial charge on any atom is 0.247 e. The number of imide groups is 1. The first kappa shape index (κ1) is 16.1. The number of benzene rings is 2. The Labute approximate surface area is 152 Å². The third-order valence-corrected chi connectivity index (χ3v) is 6.27. The van der Waals surface area contributed by atoms with Crippen LogP contribution in [0.5, 0.6) is 5.75 Å². The lowest BCUT2D eigenvalue weighted by Crippen LogP contribution is -2.31. The third kappa shape index (κ3) is 3.01. The Bertz CT molecular complexity index is 919. The molecule has 1 saturated heterocycles. The smallest absolute Gasteiger partial charge is 0.247 e. The molecule has 1 fully saturated rings. The van der Waals surface area contributed by atoms with Crippen LogP contribution in [0, 0.1) is 0 Å². The number of fused-ring (bicyclic) bond motifs is 1. The molecule has 2 heterocycles. The number of thiazole rings is 1. The first-order valence-corrected chi connectivity index (χ1v) is 9.38. The number of amides is 2. The van der Waals surface area contributed by atoms with E-state index in [0.29, 0.717) is 11.4 Å². The van der Waals surface area contributed by atoms with Crippen LogP contribution in [0.15, 0.2) is 52.9 Å². The van der Waals surface area contributed by atoms with Gasteiger partial charge in [0.2, 0.25) is 11.8 Å². The van der Waals surface area contributed by atoms with Crippen LogP contribution in [-0.4, -0.2) is 29.2 Å². The largest absolute Gasteiger partial charge is 0.497 e. The van der Waals surface area contributed by atoms with Crippen LogP contribution in [0.1, 0.15) is 6.42 Å². The summed E-state index contributed by atoms with van der Waals surface area (Å²) in [5.41, 5.74) is 1.49. The normalized spacial score (nSPS) is 17.5. The molecule has 0 unspecified atom stereocenters. The van der Waals surface area contributed by atoms with Crippen molar-refractivity contribution in [2.24, 2.45) is 0 Å². The summed E-state index contributed by atoms with van der Waals surface area (Å²) in [6, 6.07) is 14.8. The van der Waals surface area contributed by atoms with Gasteiger partial charge in [0.05, 0.1) is 23.0 Å². The van der Waals surface area contributed by atoms with E-state index in [9.17, 15) is 9.59 Å². The Morgan fingerprint density at radius 2 is 1.92 bits per heavy atom. The maximum absolute atomic E-state index is 12.7. The molecule has 25 heavy (non-hydrogen) atoms. The van der Waals surface area contributed by atoms with E-state index in [-0.39, 0.29) is 18.2 Å². The highest BCUT2D eigenvalue weighted by atomic mass is 32.2. The average Bonchev–Trinajstić information content (AvgIpc) is 3.15. The van der Waals surface area contributed by atoms with Gasteiger partial charge in [-0.25, -0.2) is 9.88 Å². The van der Waals surface area contributed by atoms with Crippen LogP contribution in [0.4, 0.5) is 5.69 Å². The number of carbonyl (C=O) groups excluding carboxylic acids is 2. The van der Waals surface area contributed by atoms with E-state index in [0.717, 1.165) is 14.6 Å². The molecule has 1 aliphatic rings. The number of anilines is 1. The Balaban J connectivity index is 1.55. The Morgan fingerprint density at radius 1 is 1.16 bits per heavy atom. The summed E-state index contributed by atoms with van der Waals surface area (Å²) in [6.45, 7) is 0. The second kappa shape index (κ2) is 6.50. The van der Waals surface area contributed by atoms with E-state index >= 15 is 0 Å². The molecule has 126 valence electrons. The van der Waals surface area contributed by atoms with Crippen LogP contribution >= 0.6 is 23.1 Å². The van der Waals surface area contributed by atoms with Crippen LogP contribution < -0.4 is 9.64 Å². The van der Waals surface area contributed by atoms with E-state index in [1.165, 1.54) is 16.7 Å². The van der Waals surface area contributed by atoms with Gasteiger partial charge in [-0.15, -0.1) is 11.3 Å². The van der Waals surface area contributed by atoms with Gasteiger partial charge in [-0.1, -0.05) is 23.9 Å². The molecule has 0 aliphatic carbocycles. The lowest BCUT2D eigenvalue weighted by molar-refractivity contribution is -0.121. The fourth-order valence-corrected chi connectivity index (χ4v) is 5.06. The Hall–Kier alpha value is -2.38. The molecular weight excluding hydrogens is 356 g/mol. The molecule has 4 rings (SSSR count). The summed E-state index contributed by atoms with van der Waals surface area (Å²) in [4.78, 5) is 30.9. The second-order valence-electron chi connectivity index (χ2n) is 5.52. The van der Waals surface area contributed by atoms with Gasteiger partial charge in [-0.05, 0) is 36.4 Å². The van der Waals surface area contributed by atoms with Gasteiger partial charge in [0.15, 0.2) is 4.34 Å². The molecular formula is C18H14N2O3S2. The van der Waals surface area contributed by atoms with Gasteiger partial charge in [0.25, 0.3) is 0 Å². The van der Waals surface area contributed by atoms with Gasteiger partial charge in [-0.2, -0.15) is 0 Å². The molecule has 0 radical (unpaired) electrons. The molecule has 1 aliphatic heterocycles. The van der Waals surface area contributed by atoms with Gasteiger partial charge < -0.3 is 4.74 Å². The van der Waals surface area contributed by atoms with Crippen molar-refractivity contribution in [2.45, 2.75) is 16.0 Å². The van der Waals surface area contributed by atoms with Gasteiger partial charge in [-0.3, -0.25) is 9.59 Å². The molecule has 0 bridgehead atoms. The van der Waals surface area contributed by atoms with Gasteiger partial charge >= 0.3 is 0 Å². The Morgan fingerprint density at radius 3 is 2.64 bits per heavy atom. The van der Waals surface area contributed by atoms with E-state index in [1.54, 1.807) is 42.7 Å². The summed E-state index contributed by atoms with van der Waals surface area (Å²) in [5, 5.41) is -0.435. The third-order valence-electron chi connectivity index (χ3n) is 3.95. The number of rotatable bonds is 4. The summed E-state index contributed by atoms with van der Waals surface area (Å²) >= 11 is 2.91. The van der Waals surface area contributed by atoms with Crippen molar-refractivity contribution in [3.05, 3.63) is 48.5 Å². The summed E-state index contributed by atoms with van der Waals surface area (Å²) in [6.07, 6.45) is 0.186. The topological polar surface area (TPSA) is 59.5 Å². The first-order valence-electron chi connectivity index (χ1n) is 7.69. The molecule has 0 spiro atoms. The van der Waals surface area contributed by atoms with Crippen LogP contribution in [0.25, 0.3) is 10.2 Å². The minimum atomic E-state index is -0.435. The number of hydrogen-bond donors (Lipinski definition) is 0. The molecule has 2 aromatic carbocycles. The van der Waals surface area contributed by atoms with Crippen molar-refractivity contribution < 1.29 is 14.3 Å². The number of nitrogens with zero attached hydrogens (tertiary/aromatic N) is 2. The van der Waals surface area contributed by atoms with Gasteiger partial charge in [0.1, 0.15) is 11.0 Å². The highest BCUT2D eigenvalue weighted by Gasteiger charge is 2.40. The molecule has 0 N–H and O–H groups in total. The van der Waals surface area contributed by atoms with Crippen LogP contribution in [0.2, 0.25) is 0 Å². The van der Waals surface area contributed by atoms with Crippen molar-refractivity contribution in [2.75, 3.05) is 12.0 Å². The number of carbonyl (C=O) groups is 2. The van der Waals surface area contributed by atoms with Crippen molar-refractivity contribution in [1.82, 2.24) is 4.98 Å². The van der Waals surface area contributed by atoms with E-state index < -0.39 is 5.25 Å². The van der Waals surface area contributed by atoms with E-state index in [1.807, 2.05) is 24.3 Å². The highest BCUT2D eigenvalue weighted by molar-refractivity contribution is 8.02. The number of ether oxygens (including phenoxy) is 1. The lowest BCUT2D eigenvalue weighted by Gasteiger charge is -2.15. The minimum absolute atomic E-state index is 0.186. The zero-order chi connectivity index (χ0) is 17.4. The SMILES string of the molecule is COc1ccc(N2C(=O)C[C@@H](Sc3nc4ccccc4s3)C2=O)cc1. The molecule has 5 nitrogen and oxygen atoms in total. The van der Waals surface area contributed by atoms with E-state index in [2.05, 4.69) is 4.98 Å². The number of para-hydroxylation sites is 1.